The maximum absolute atomic E-state index is 12.8. The summed E-state index contributed by atoms with van der Waals surface area (Å²) >= 11 is 0. The van der Waals surface area contributed by atoms with Crippen molar-refractivity contribution in [3.8, 4) is 0 Å². The standard InChI is InChI=1S/C15H18FNO2/c1-11(15(19)17-8-2-3-9-17)10-14(18)12-4-6-13(16)7-5-12/h4-7,11H,2-3,8-10H2,1H3. The number of hydrogen-bond donors (Lipinski definition) is 0. The Balaban J connectivity index is 1.94. The molecule has 0 N–H and O–H groups in total. The van der Waals surface area contributed by atoms with E-state index in [0.29, 0.717) is 5.56 Å². The first kappa shape index (κ1) is 13.7. The lowest BCUT2D eigenvalue weighted by molar-refractivity contribution is -0.133. The van der Waals surface area contributed by atoms with Gasteiger partial charge in [-0.2, -0.15) is 0 Å². The molecule has 3 nitrogen and oxygen atoms in total. The average molecular weight is 263 g/mol. The smallest absolute Gasteiger partial charge is 0.225 e. The number of benzene rings is 1. The van der Waals surface area contributed by atoms with Gasteiger partial charge in [0, 0.05) is 31.0 Å². The molecule has 1 fully saturated rings. The number of rotatable bonds is 4. The second kappa shape index (κ2) is 5.95. The number of likely N-dealkylation sites (tertiary alicyclic amines) is 1. The van der Waals surface area contributed by atoms with E-state index in [-0.39, 0.29) is 29.8 Å². The van der Waals surface area contributed by atoms with Gasteiger partial charge in [-0.3, -0.25) is 9.59 Å². The number of nitrogens with zero attached hydrogens (tertiary/aromatic N) is 1. The first-order valence-electron chi connectivity index (χ1n) is 6.65. The summed E-state index contributed by atoms with van der Waals surface area (Å²) in [5, 5.41) is 0. The highest BCUT2D eigenvalue weighted by atomic mass is 19.1. The molecule has 2 rings (SSSR count). The second-order valence-corrected chi connectivity index (χ2v) is 5.07. The largest absolute Gasteiger partial charge is 0.342 e. The van der Waals surface area contributed by atoms with Crippen LogP contribution >= 0.6 is 0 Å². The molecular weight excluding hydrogens is 245 g/mol. The Morgan fingerprint density at radius 3 is 2.37 bits per heavy atom. The van der Waals surface area contributed by atoms with E-state index in [1.165, 1.54) is 24.3 Å². The fourth-order valence-corrected chi connectivity index (χ4v) is 2.37. The molecule has 102 valence electrons. The van der Waals surface area contributed by atoms with Crippen LogP contribution < -0.4 is 0 Å². The zero-order valence-corrected chi connectivity index (χ0v) is 11.1. The molecule has 1 aliphatic heterocycles. The normalized spacial score (nSPS) is 16.4. The van der Waals surface area contributed by atoms with Gasteiger partial charge in [0.2, 0.25) is 5.91 Å². The summed E-state index contributed by atoms with van der Waals surface area (Å²) in [5.41, 5.74) is 0.461. The molecule has 1 saturated heterocycles. The SMILES string of the molecule is CC(CC(=O)c1ccc(F)cc1)C(=O)N1CCCC1. The van der Waals surface area contributed by atoms with Crippen LogP contribution in [0.1, 0.15) is 36.5 Å². The predicted octanol–water partition coefficient (Wildman–Crippen LogP) is 2.66. The van der Waals surface area contributed by atoms with E-state index < -0.39 is 0 Å². The molecule has 4 heteroatoms. The van der Waals surface area contributed by atoms with Gasteiger partial charge in [-0.25, -0.2) is 4.39 Å². The fourth-order valence-electron chi connectivity index (χ4n) is 2.37. The predicted molar refractivity (Wildman–Crippen MR) is 70.3 cm³/mol. The van der Waals surface area contributed by atoms with Gasteiger partial charge in [-0.15, -0.1) is 0 Å². The van der Waals surface area contributed by atoms with Crippen molar-refractivity contribution in [2.24, 2.45) is 5.92 Å². The molecule has 0 bridgehead atoms. The number of carbonyl (C=O) groups excluding carboxylic acids is 2. The Morgan fingerprint density at radius 1 is 1.21 bits per heavy atom. The van der Waals surface area contributed by atoms with E-state index in [9.17, 15) is 14.0 Å². The van der Waals surface area contributed by atoms with Gasteiger partial charge in [0.15, 0.2) is 5.78 Å². The maximum atomic E-state index is 12.8. The number of ketones is 1. The summed E-state index contributed by atoms with van der Waals surface area (Å²) in [7, 11) is 0. The summed E-state index contributed by atoms with van der Waals surface area (Å²) in [4.78, 5) is 25.9. The zero-order chi connectivity index (χ0) is 13.8. The van der Waals surface area contributed by atoms with Crippen LogP contribution in [0, 0.1) is 11.7 Å². The molecule has 1 atom stereocenters. The van der Waals surface area contributed by atoms with Crippen LogP contribution in [0.2, 0.25) is 0 Å². The molecule has 1 aromatic carbocycles. The van der Waals surface area contributed by atoms with Gasteiger partial charge in [0.1, 0.15) is 5.82 Å². The number of halogens is 1. The van der Waals surface area contributed by atoms with Crippen LogP contribution in [0.15, 0.2) is 24.3 Å². The number of carbonyl (C=O) groups is 2. The quantitative estimate of drug-likeness (QED) is 0.783. The van der Waals surface area contributed by atoms with Crippen LogP contribution in [-0.4, -0.2) is 29.7 Å². The van der Waals surface area contributed by atoms with E-state index >= 15 is 0 Å². The van der Waals surface area contributed by atoms with Gasteiger partial charge in [-0.1, -0.05) is 6.92 Å². The molecule has 0 aliphatic carbocycles. The van der Waals surface area contributed by atoms with Crippen molar-refractivity contribution in [1.29, 1.82) is 0 Å². The Morgan fingerprint density at radius 2 is 1.79 bits per heavy atom. The van der Waals surface area contributed by atoms with E-state index in [1.54, 1.807) is 6.92 Å². The Kier molecular flexibility index (Phi) is 4.30. The van der Waals surface area contributed by atoms with Crippen molar-refractivity contribution in [2.75, 3.05) is 13.1 Å². The summed E-state index contributed by atoms with van der Waals surface area (Å²) in [6, 6.07) is 5.45. The van der Waals surface area contributed by atoms with Crippen molar-refractivity contribution >= 4 is 11.7 Å². The third-order valence-corrected chi connectivity index (χ3v) is 3.50. The van der Waals surface area contributed by atoms with Crippen molar-refractivity contribution in [1.82, 2.24) is 4.90 Å². The molecule has 19 heavy (non-hydrogen) atoms. The van der Waals surface area contributed by atoms with Crippen molar-refractivity contribution < 1.29 is 14.0 Å². The lowest BCUT2D eigenvalue weighted by atomic mass is 9.98. The minimum atomic E-state index is -0.363. The Hall–Kier alpha value is -1.71. The summed E-state index contributed by atoms with van der Waals surface area (Å²) in [5.74, 6) is -0.735. The first-order valence-corrected chi connectivity index (χ1v) is 6.65. The average Bonchev–Trinajstić information content (AvgIpc) is 2.92. The molecule has 1 unspecified atom stereocenters. The summed E-state index contributed by atoms with van der Waals surface area (Å²) < 4.78 is 12.8. The Labute approximate surface area is 112 Å². The minimum Gasteiger partial charge on any atom is -0.342 e. The van der Waals surface area contributed by atoms with Crippen molar-refractivity contribution in [3.63, 3.8) is 0 Å². The van der Waals surface area contributed by atoms with Gasteiger partial charge in [-0.05, 0) is 37.1 Å². The van der Waals surface area contributed by atoms with E-state index in [1.807, 2.05) is 4.90 Å². The van der Waals surface area contributed by atoms with Crippen LogP contribution in [0.4, 0.5) is 4.39 Å². The number of amides is 1. The lowest BCUT2D eigenvalue weighted by Crippen LogP contribution is -2.33. The molecule has 0 aromatic heterocycles. The van der Waals surface area contributed by atoms with Crippen molar-refractivity contribution in [3.05, 3.63) is 35.6 Å². The molecule has 0 radical (unpaired) electrons. The third kappa shape index (κ3) is 3.40. The fraction of sp³-hybridized carbons (Fsp3) is 0.467. The number of Topliss-reactive ketones (excluding diaryl/α,β-unsaturated/α-hetero) is 1. The topological polar surface area (TPSA) is 37.4 Å². The lowest BCUT2D eigenvalue weighted by Gasteiger charge is -2.19. The van der Waals surface area contributed by atoms with Gasteiger partial charge in [0.05, 0.1) is 0 Å². The van der Waals surface area contributed by atoms with Gasteiger partial charge >= 0.3 is 0 Å². The molecule has 1 aliphatic rings. The molecule has 1 amide bonds. The monoisotopic (exact) mass is 263 g/mol. The van der Waals surface area contributed by atoms with Gasteiger partial charge in [0.25, 0.3) is 0 Å². The molecule has 1 heterocycles. The van der Waals surface area contributed by atoms with Crippen LogP contribution in [0.5, 0.6) is 0 Å². The van der Waals surface area contributed by atoms with Gasteiger partial charge < -0.3 is 4.90 Å². The number of hydrogen-bond acceptors (Lipinski definition) is 2. The Bertz CT molecular complexity index is 464. The maximum Gasteiger partial charge on any atom is 0.225 e. The van der Waals surface area contributed by atoms with Crippen LogP contribution in [0.25, 0.3) is 0 Å². The summed E-state index contributed by atoms with van der Waals surface area (Å²) in [6.45, 7) is 3.38. The second-order valence-electron chi connectivity index (χ2n) is 5.07. The first-order chi connectivity index (χ1) is 9.08. The minimum absolute atomic E-state index is 0.0490. The molecule has 0 spiro atoms. The molecule has 1 aromatic rings. The van der Waals surface area contributed by atoms with Crippen LogP contribution in [-0.2, 0) is 4.79 Å². The molecule has 0 saturated carbocycles. The van der Waals surface area contributed by atoms with E-state index in [2.05, 4.69) is 0 Å². The highest BCUT2D eigenvalue weighted by Crippen LogP contribution is 2.16. The third-order valence-electron chi connectivity index (χ3n) is 3.50. The highest BCUT2D eigenvalue weighted by Gasteiger charge is 2.25. The van der Waals surface area contributed by atoms with E-state index in [4.69, 9.17) is 0 Å². The van der Waals surface area contributed by atoms with E-state index in [0.717, 1.165) is 25.9 Å². The molecular formula is C15H18FNO2. The van der Waals surface area contributed by atoms with Crippen LogP contribution in [0.3, 0.4) is 0 Å². The zero-order valence-electron chi connectivity index (χ0n) is 11.1. The summed E-state index contributed by atoms with van der Waals surface area (Å²) in [6.07, 6.45) is 2.27. The van der Waals surface area contributed by atoms with Crippen molar-refractivity contribution in [2.45, 2.75) is 26.2 Å². The highest BCUT2D eigenvalue weighted by molar-refractivity contribution is 5.98.